The van der Waals surface area contributed by atoms with Crippen molar-refractivity contribution in [3.63, 3.8) is 0 Å². The summed E-state index contributed by atoms with van der Waals surface area (Å²) in [5.74, 6) is 0.801. The smallest absolute Gasteiger partial charge is 0.120 e. The molecule has 0 heterocycles. The van der Waals surface area contributed by atoms with Crippen molar-refractivity contribution < 1.29 is 9.84 Å². The van der Waals surface area contributed by atoms with Crippen LogP contribution < -0.4 is 4.74 Å². The van der Waals surface area contributed by atoms with Crippen LogP contribution in [0.3, 0.4) is 0 Å². The number of aryl methyl sites for hydroxylation is 1. The second-order valence-electron chi connectivity index (χ2n) is 4.43. The van der Waals surface area contributed by atoms with Gasteiger partial charge in [-0.15, -0.1) is 0 Å². The van der Waals surface area contributed by atoms with Gasteiger partial charge in [-0.1, -0.05) is 51.8 Å². The molecule has 100 valence electrons. The molecule has 2 aromatic carbocycles. The maximum absolute atomic E-state index is 10.4. The molecule has 0 fully saturated rings. The van der Waals surface area contributed by atoms with Crippen LogP contribution in [0.15, 0.2) is 46.9 Å². The lowest BCUT2D eigenvalue weighted by Crippen LogP contribution is -2.01. The second-order valence-corrected chi connectivity index (χ2v) is 5.29. The fourth-order valence-corrected chi connectivity index (χ4v) is 2.58. The van der Waals surface area contributed by atoms with E-state index in [0.29, 0.717) is 6.61 Å². The maximum atomic E-state index is 10.4. The van der Waals surface area contributed by atoms with E-state index >= 15 is 0 Å². The maximum Gasteiger partial charge on any atom is 0.120 e. The highest BCUT2D eigenvalue weighted by atomic mass is 79.9. The Bertz CT molecular complexity index is 566. The van der Waals surface area contributed by atoms with E-state index in [1.807, 2.05) is 56.3 Å². The highest BCUT2D eigenvalue weighted by molar-refractivity contribution is 9.10. The molecular weight excluding hydrogens is 304 g/mol. The number of hydrogen-bond donors (Lipinski definition) is 1. The third-order valence-electron chi connectivity index (χ3n) is 2.94. The van der Waals surface area contributed by atoms with Crippen LogP contribution in [0.4, 0.5) is 0 Å². The highest BCUT2D eigenvalue weighted by Crippen LogP contribution is 2.31. The van der Waals surface area contributed by atoms with Crippen LogP contribution in [0.5, 0.6) is 5.75 Å². The van der Waals surface area contributed by atoms with E-state index in [0.717, 1.165) is 26.9 Å². The minimum absolute atomic E-state index is 0.631. The molecule has 1 unspecified atom stereocenters. The zero-order chi connectivity index (χ0) is 13.8. The first-order chi connectivity index (χ1) is 9.11. The SMILES string of the molecule is CCOc1ccc(C(O)c2cccc(C)c2)c(Br)c1. The van der Waals surface area contributed by atoms with E-state index in [4.69, 9.17) is 4.74 Å². The minimum Gasteiger partial charge on any atom is -0.494 e. The van der Waals surface area contributed by atoms with Gasteiger partial charge in [0.1, 0.15) is 11.9 Å². The van der Waals surface area contributed by atoms with Gasteiger partial charge in [0.15, 0.2) is 0 Å². The molecule has 0 saturated carbocycles. The van der Waals surface area contributed by atoms with Crippen molar-refractivity contribution in [2.75, 3.05) is 6.61 Å². The topological polar surface area (TPSA) is 29.5 Å². The molecule has 3 heteroatoms. The Morgan fingerprint density at radius 2 is 2.00 bits per heavy atom. The van der Waals surface area contributed by atoms with E-state index in [1.165, 1.54) is 0 Å². The summed E-state index contributed by atoms with van der Waals surface area (Å²) in [6.45, 7) is 4.60. The lowest BCUT2D eigenvalue weighted by Gasteiger charge is -2.15. The van der Waals surface area contributed by atoms with Gasteiger partial charge in [-0.25, -0.2) is 0 Å². The Kier molecular flexibility index (Phi) is 4.61. The van der Waals surface area contributed by atoms with Gasteiger partial charge in [0.05, 0.1) is 6.61 Å². The molecule has 1 N–H and O–H groups in total. The highest BCUT2D eigenvalue weighted by Gasteiger charge is 2.14. The Morgan fingerprint density at radius 1 is 1.21 bits per heavy atom. The number of ether oxygens (including phenoxy) is 1. The van der Waals surface area contributed by atoms with Crippen molar-refractivity contribution in [2.45, 2.75) is 20.0 Å². The lowest BCUT2D eigenvalue weighted by molar-refractivity contribution is 0.219. The van der Waals surface area contributed by atoms with Crippen molar-refractivity contribution in [3.8, 4) is 5.75 Å². The Labute approximate surface area is 122 Å². The molecule has 0 aliphatic heterocycles. The molecule has 0 spiro atoms. The van der Waals surface area contributed by atoms with E-state index < -0.39 is 6.10 Å². The molecule has 0 aliphatic rings. The quantitative estimate of drug-likeness (QED) is 0.913. The third kappa shape index (κ3) is 3.37. The van der Waals surface area contributed by atoms with Crippen LogP contribution in [0.25, 0.3) is 0 Å². The summed E-state index contributed by atoms with van der Waals surface area (Å²) in [6, 6.07) is 13.6. The largest absolute Gasteiger partial charge is 0.494 e. The van der Waals surface area contributed by atoms with Crippen LogP contribution in [-0.4, -0.2) is 11.7 Å². The molecule has 0 aliphatic carbocycles. The van der Waals surface area contributed by atoms with Gasteiger partial charge in [-0.2, -0.15) is 0 Å². The lowest BCUT2D eigenvalue weighted by atomic mass is 10.00. The fourth-order valence-electron chi connectivity index (χ4n) is 2.01. The van der Waals surface area contributed by atoms with Crippen molar-refractivity contribution in [1.29, 1.82) is 0 Å². The normalized spacial score (nSPS) is 12.2. The fraction of sp³-hybridized carbons (Fsp3) is 0.250. The summed E-state index contributed by atoms with van der Waals surface area (Å²) in [5, 5.41) is 10.4. The van der Waals surface area contributed by atoms with Crippen molar-refractivity contribution in [3.05, 3.63) is 63.6 Å². The summed E-state index contributed by atoms with van der Waals surface area (Å²) in [6.07, 6.45) is -0.634. The predicted octanol–water partition coefficient (Wildman–Crippen LogP) is 4.24. The molecule has 1 atom stereocenters. The standard InChI is InChI=1S/C16H17BrO2/c1-3-19-13-7-8-14(15(17)10-13)16(18)12-6-4-5-11(2)9-12/h4-10,16,18H,3H2,1-2H3. The van der Waals surface area contributed by atoms with Gasteiger partial charge < -0.3 is 9.84 Å². The third-order valence-corrected chi connectivity index (χ3v) is 3.62. The Hall–Kier alpha value is -1.32. The molecule has 0 saturated heterocycles. The molecule has 2 aromatic rings. The molecule has 19 heavy (non-hydrogen) atoms. The van der Waals surface area contributed by atoms with Gasteiger partial charge in [0.2, 0.25) is 0 Å². The number of rotatable bonds is 4. The zero-order valence-corrected chi connectivity index (χ0v) is 12.6. The van der Waals surface area contributed by atoms with Gasteiger partial charge in [-0.05, 0) is 37.1 Å². The first-order valence-electron chi connectivity index (χ1n) is 6.28. The van der Waals surface area contributed by atoms with Gasteiger partial charge in [0.25, 0.3) is 0 Å². The average Bonchev–Trinajstić information content (AvgIpc) is 2.38. The van der Waals surface area contributed by atoms with Crippen LogP contribution >= 0.6 is 15.9 Å². The number of halogens is 1. The van der Waals surface area contributed by atoms with Gasteiger partial charge in [0, 0.05) is 4.47 Å². The summed E-state index contributed by atoms with van der Waals surface area (Å²) in [7, 11) is 0. The summed E-state index contributed by atoms with van der Waals surface area (Å²) in [5.41, 5.74) is 2.87. The van der Waals surface area contributed by atoms with Crippen LogP contribution in [0, 0.1) is 6.92 Å². The van der Waals surface area contributed by atoms with Crippen molar-refractivity contribution in [1.82, 2.24) is 0 Å². The molecule has 0 amide bonds. The first kappa shape index (κ1) is 14.1. The van der Waals surface area contributed by atoms with Crippen molar-refractivity contribution in [2.24, 2.45) is 0 Å². The predicted molar refractivity (Wildman–Crippen MR) is 80.6 cm³/mol. The molecule has 0 aromatic heterocycles. The van der Waals surface area contributed by atoms with E-state index in [9.17, 15) is 5.11 Å². The van der Waals surface area contributed by atoms with Gasteiger partial charge >= 0.3 is 0 Å². The van der Waals surface area contributed by atoms with E-state index in [-0.39, 0.29) is 0 Å². The van der Waals surface area contributed by atoms with E-state index in [1.54, 1.807) is 0 Å². The molecule has 0 radical (unpaired) electrons. The van der Waals surface area contributed by atoms with Crippen LogP contribution in [-0.2, 0) is 0 Å². The molecule has 2 rings (SSSR count). The molecular formula is C16H17BrO2. The zero-order valence-electron chi connectivity index (χ0n) is 11.1. The monoisotopic (exact) mass is 320 g/mol. The summed E-state index contributed by atoms with van der Waals surface area (Å²) >= 11 is 3.49. The Balaban J connectivity index is 2.31. The molecule has 2 nitrogen and oxygen atoms in total. The summed E-state index contributed by atoms with van der Waals surface area (Å²) in [4.78, 5) is 0. The second kappa shape index (κ2) is 6.22. The number of benzene rings is 2. The molecule has 0 bridgehead atoms. The first-order valence-corrected chi connectivity index (χ1v) is 7.08. The van der Waals surface area contributed by atoms with Crippen molar-refractivity contribution >= 4 is 15.9 Å². The van der Waals surface area contributed by atoms with Crippen LogP contribution in [0.1, 0.15) is 29.7 Å². The number of aliphatic hydroxyl groups excluding tert-OH is 1. The minimum atomic E-state index is -0.634. The van der Waals surface area contributed by atoms with E-state index in [2.05, 4.69) is 15.9 Å². The van der Waals surface area contributed by atoms with Gasteiger partial charge in [-0.3, -0.25) is 0 Å². The summed E-state index contributed by atoms with van der Waals surface area (Å²) < 4.78 is 6.29. The number of hydrogen-bond acceptors (Lipinski definition) is 2. The Morgan fingerprint density at radius 3 is 2.63 bits per heavy atom. The number of aliphatic hydroxyl groups is 1. The van der Waals surface area contributed by atoms with Crippen LogP contribution in [0.2, 0.25) is 0 Å². The average molecular weight is 321 g/mol.